The third kappa shape index (κ3) is 6.73. The maximum absolute atomic E-state index is 12.7. The van der Waals surface area contributed by atoms with Crippen LogP contribution < -0.4 is 23.9 Å². The molecule has 1 amide bonds. The minimum atomic E-state index is -3.78. The second-order valence-corrected chi connectivity index (χ2v) is 9.35. The number of carbonyl (C=O) groups excluding carboxylic acids is 1. The number of sulfonamides is 1. The summed E-state index contributed by atoms with van der Waals surface area (Å²) in [6.45, 7) is 1.48. The zero-order chi connectivity index (χ0) is 25.4. The minimum absolute atomic E-state index is 0.319. The van der Waals surface area contributed by atoms with Gasteiger partial charge < -0.3 is 14.2 Å². The lowest BCUT2D eigenvalue weighted by Gasteiger charge is -2.27. The number of hydrogen-bond donors (Lipinski definition) is 1. The number of methoxy groups -OCH3 is 2. The summed E-state index contributed by atoms with van der Waals surface area (Å²) in [5.41, 5.74) is 3.37. The van der Waals surface area contributed by atoms with Gasteiger partial charge in [0.15, 0.2) is 11.5 Å². The van der Waals surface area contributed by atoms with Crippen LogP contribution in [-0.4, -0.2) is 47.1 Å². The van der Waals surface area contributed by atoms with Crippen molar-refractivity contribution in [3.63, 3.8) is 0 Å². The highest BCUT2D eigenvalue weighted by atomic mass is 32.2. The molecule has 0 aliphatic heterocycles. The first-order valence-electron chi connectivity index (χ1n) is 10.6. The van der Waals surface area contributed by atoms with Crippen molar-refractivity contribution < 1.29 is 27.4 Å². The van der Waals surface area contributed by atoms with E-state index in [0.717, 1.165) is 10.6 Å². The first-order chi connectivity index (χ1) is 16.7. The zero-order valence-electron chi connectivity index (χ0n) is 19.8. The normalized spacial score (nSPS) is 12.1. The lowest BCUT2D eigenvalue weighted by molar-refractivity contribution is -0.121. The SMILES string of the molecule is COc1ccc(/C=N\NC(=O)[C@@H](C)N(c2ccc(Oc3ccccc3)cc2)S(C)(=O)=O)cc1OC. The Bertz CT molecular complexity index is 1280. The van der Waals surface area contributed by atoms with E-state index in [9.17, 15) is 13.2 Å². The molecule has 35 heavy (non-hydrogen) atoms. The molecule has 3 aromatic carbocycles. The molecule has 0 unspecified atom stereocenters. The minimum Gasteiger partial charge on any atom is -0.493 e. The van der Waals surface area contributed by atoms with Crippen molar-refractivity contribution >= 4 is 27.8 Å². The van der Waals surface area contributed by atoms with Crippen LogP contribution in [0, 0.1) is 0 Å². The Morgan fingerprint density at radius 3 is 2.17 bits per heavy atom. The number of carbonyl (C=O) groups is 1. The van der Waals surface area contributed by atoms with Gasteiger partial charge in [0.25, 0.3) is 5.91 Å². The summed E-state index contributed by atoms with van der Waals surface area (Å²) in [4.78, 5) is 12.7. The fraction of sp³-hybridized carbons (Fsp3) is 0.200. The monoisotopic (exact) mass is 497 g/mol. The van der Waals surface area contributed by atoms with E-state index in [1.807, 2.05) is 30.3 Å². The number of hydrogen-bond acceptors (Lipinski definition) is 7. The maximum Gasteiger partial charge on any atom is 0.263 e. The molecular weight excluding hydrogens is 470 g/mol. The van der Waals surface area contributed by atoms with E-state index in [2.05, 4.69) is 10.5 Å². The van der Waals surface area contributed by atoms with Gasteiger partial charge in [0.2, 0.25) is 10.0 Å². The second-order valence-electron chi connectivity index (χ2n) is 7.49. The van der Waals surface area contributed by atoms with E-state index in [1.54, 1.807) is 42.5 Å². The molecular formula is C25H27N3O6S. The summed E-state index contributed by atoms with van der Waals surface area (Å²) in [5.74, 6) is 1.66. The predicted molar refractivity (Wildman–Crippen MR) is 135 cm³/mol. The molecule has 0 spiro atoms. The lowest BCUT2D eigenvalue weighted by Crippen LogP contribution is -2.46. The fourth-order valence-electron chi connectivity index (χ4n) is 3.29. The number of nitrogens with one attached hydrogen (secondary N) is 1. The molecule has 1 atom stereocenters. The Labute approximate surface area is 205 Å². The highest BCUT2D eigenvalue weighted by molar-refractivity contribution is 7.92. The van der Waals surface area contributed by atoms with Crippen molar-refractivity contribution in [2.75, 3.05) is 24.8 Å². The average Bonchev–Trinajstić information content (AvgIpc) is 2.84. The van der Waals surface area contributed by atoms with E-state index in [0.29, 0.717) is 34.2 Å². The second kappa shape index (κ2) is 11.4. The first-order valence-corrected chi connectivity index (χ1v) is 12.4. The molecule has 0 aromatic heterocycles. The standard InChI is InChI=1S/C25H27N3O6S/c1-18(25(29)27-26-17-19-10-15-23(32-2)24(16-19)33-3)28(35(4,30)31)20-11-13-22(14-12-20)34-21-8-6-5-7-9-21/h5-18H,1-4H3,(H,27,29)/b26-17-/t18-/m1/s1. The summed E-state index contributed by atoms with van der Waals surface area (Å²) < 4.78 is 42.3. The van der Waals surface area contributed by atoms with E-state index >= 15 is 0 Å². The van der Waals surface area contributed by atoms with Crippen molar-refractivity contribution in [2.45, 2.75) is 13.0 Å². The van der Waals surface area contributed by atoms with Gasteiger partial charge in [-0.15, -0.1) is 0 Å². The molecule has 0 heterocycles. The van der Waals surface area contributed by atoms with Crippen LogP contribution in [0.25, 0.3) is 0 Å². The van der Waals surface area contributed by atoms with Crippen LogP contribution in [0.4, 0.5) is 5.69 Å². The van der Waals surface area contributed by atoms with Gasteiger partial charge in [-0.25, -0.2) is 13.8 Å². The van der Waals surface area contributed by atoms with Gasteiger partial charge in [-0.1, -0.05) is 18.2 Å². The summed E-state index contributed by atoms with van der Waals surface area (Å²) in [5, 5.41) is 3.95. The summed E-state index contributed by atoms with van der Waals surface area (Å²) in [7, 11) is -0.730. The van der Waals surface area contributed by atoms with Crippen LogP contribution in [0.3, 0.4) is 0 Å². The first kappa shape index (κ1) is 25.6. The van der Waals surface area contributed by atoms with Gasteiger partial charge in [-0.05, 0) is 67.1 Å². The smallest absolute Gasteiger partial charge is 0.263 e. The highest BCUT2D eigenvalue weighted by Gasteiger charge is 2.29. The topological polar surface area (TPSA) is 107 Å². The van der Waals surface area contributed by atoms with E-state index in [1.165, 1.54) is 27.4 Å². The maximum atomic E-state index is 12.7. The number of benzene rings is 3. The van der Waals surface area contributed by atoms with Gasteiger partial charge in [0, 0.05) is 0 Å². The van der Waals surface area contributed by atoms with E-state index in [-0.39, 0.29) is 0 Å². The Hall–Kier alpha value is -4.05. The molecule has 3 rings (SSSR count). The molecule has 1 N–H and O–H groups in total. The van der Waals surface area contributed by atoms with E-state index in [4.69, 9.17) is 14.2 Å². The third-order valence-corrected chi connectivity index (χ3v) is 6.20. The Kier molecular flexibility index (Phi) is 8.32. The van der Waals surface area contributed by atoms with Crippen LogP contribution >= 0.6 is 0 Å². The van der Waals surface area contributed by atoms with Crippen LogP contribution in [0.2, 0.25) is 0 Å². The van der Waals surface area contributed by atoms with Crippen LogP contribution in [-0.2, 0) is 14.8 Å². The number of para-hydroxylation sites is 1. The molecule has 0 radical (unpaired) electrons. The van der Waals surface area contributed by atoms with Crippen molar-refractivity contribution in [1.82, 2.24) is 5.43 Å². The third-order valence-electron chi connectivity index (χ3n) is 4.95. The van der Waals surface area contributed by atoms with Crippen molar-refractivity contribution in [3.05, 3.63) is 78.4 Å². The van der Waals surface area contributed by atoms with Crippen LogP contribution in [0.15, 0.2) is 77.9 Å². The van der Waals surface area contributed by atoms with E-state index < -0.39 is 22.0 Å². The van der Waals surface area contributed by atoms with Gasteiger partial charge in [0.05, 0.1) is 32.4 Å². The summed E-state index contributed by atoms with van der Waals surface area (Å²) in [6.07, 6.45) is 2.46. The lowest BCUT2D eigenvalue weighted by atomic mass is 10.2. The van der Waals surface area contributed by atoms with Crippen molar-refractivity contribution in [3.8, 4) is 23.0 Å². The number of anilines is 1. The quantitative estimate of drug-likeness (QED) is 0.337. The number of rotatable bonds is 10. The zero-order valence-corrected chi connectivity index (χ0v) is 20.7. The Morgan fingerprint density at radius 1 is 0.943 bits per heavy atom. The van der Waals surface area contributed by atoms with Crippen LogP contribution in [0.5, 0.6) is 23.0 Å². The summed E-state index contributed by atoms with van der Waals surface area (Å²) >= 11 is 0. The summed E-state index contributed by atoms with van der Waals surface area (Å²) in [6, 6.07) is 19.7. The van der Waals surface area contributed by atoms with Gasteiger partial charge >= 0.3 is 0 Å². The number of hydrazone groups is 1. The average molecular weight is 498 g/mol. The molecule has 10 heteroatoms. The number of nitrogens with zero attached hydrogens (tertiary/aromatic N) is 2. The van der Waals surface area contributed by atoms with Crippen molar-refractivity contribution in [1.29, 1.82) is 0 Å². The number of ether oxygens (including phenoxy) is 3. The molecule has 0 saturated heterocycles. The molecule has 3 aromatic rings. The highest BCUT2D eigenvalue weighted by Crippen LogP contribution is 2.28. The molecule has 0 aliphatic rings. The molecule has 9 nitrogen and oxygen atoms in total. The van der Waals surface area contributed by atoms with Gasteiger partial charge in [-0.2, -0.15) is 5.10 Å². The van der Waals surface area contributed by atoms with Gasteiger partial charge in [0.1, 0.15) is 17.5 Å². The molecule has 0 fully saturated rings. The number of amides is 1. The molecule has 184 valence electrons. The Morgan fingerprint density at radius 2 is 1.57 bits per heavy atom. The van der Waals surface area contributed by atoms with Crippen molar-refractivity contribution in [2.24, 2.45) is 5.10 Å². The molecule has 0 saturated carbocycles. The predicted octanol–water partition coefficient (Wildman–Crippen LogP) is 3.80. The fourth-order valence-corrected chi connectivity index (χ4v) is 4.47. The Balaban J connectivity index is 1.72. The molecule has 0 aliphatic carbocycles. The van der Waals surface area contributed by atoms with Gasteiger partial charge in [-0.3, -0.25) is 9.10 Å². The molecule has 0 bridgehead atoms. The largest absolute Gasteiger partial charge is 0.493 e. The van der Waals surface area contributed by atoms with Crippen LogP contribution in [0.1, 0.15) is 12.5 Å².